The summed E-state index contributed by atoms with van der Waals surface area (Å²) in [6.07, 6.45) is 2.08. The summed E-state index contributed by atoms with van der Waals surface area (Å²) >= 11 is 0. The van der Waals surface area contributed by atoms with Crippen molar-refractivity contribution in [1.29, 1.82) is 0 Å². The van der Waals surface area contributed by atoms with Crippen LogP contribution in [0.25, 0.3) is 10.9 Å². The van der Waals surface area contributed by atoms with E-state index in [4.69, 9.17) is 34.4 Å². The molecule has 71 heavy (non-hydrogen) atoms. The molecule has 1 saturated heterocycles. The van der Waals surface area contributed by atoms with E-state index in [9.17, 15) is 53.4 Å². The van der Waals surface area contributed by atoms with Crippen LogP contribution in [0.3, 0.4) is 0 Å². The molecule has 8 amide bonds. The number of aliphatic hydroxyl groups is 1. The van der Waals surface area contributed by atoms with E-state index in [1.165, 1.54) is 18.7 Å². The van der Waals surface area contributed by atoms with Crippen LogP contribution in [-0.4, -0.2) is 160 Å². The van der Waals surface area contributed by atoms with Crippen LogP contribution in [0.5, 0.6) is 0 Å². The number of rotatable bonds is 31. The zero-order chi connectivity index (χ0) is 52.8. The number of aliphatic imine (C=N–C) groups is 1. The van der Waals surface area contributed by atoms with Crippen molar-refractivity contribution < 1.29 is 53.4 Å². The van der Waals surface area contributed by atoms with Gasteiger partial charge in [0.1, 0.15) is 42.3 Å². The number of amides is 8. The molecule has 0 radical (unpaired) electrons. The summed E-state index contributed by atoms with van der Waals surface area (Å²) in [7, 11) is 0. The second-order valence-electron chi connectivity index (χ2n) is 17.6. The number of nitrogens with zero attached hydrogens (tertiary/aromatic N) is 2. The number of carbonyl (C=O) groups is 9. The molecule has 1 aliphatic rings. The van der Waals surface area contributed by atoms with Crippen LogP contribution >= 0.6 is 0 Å². The normalized spacial score (nSPS) is 16.7. The maximum atomic E-state index is 14.1. The smallest absolute Gasteiger partial charge is 0.326 e. The van der Waals surface area contributed by atoms with Crippen molar-refractivity contribution in [3.8, 4) is 0 Å². The number of nitrogens with one attached hydrogen (secondary N) is 7. The van der Waals surface area contributed by atoms with Crippen molar-refractivity contribution in [1.82, 2.24) is 41.8 Å². The molecule has 26 nitrogen and oxygen atoms in total. The largest absolute Gasteiger partial charge is 0.480 e. The lowest BCUT2D eigenvalue weighted by atomic mass is 10.0. The molecule has 0 saturated carbocycles. The van der Waals surface area contributed by atoms with Gasteiger partial charge >= 0.3 is 5.97 Å². The highest BCUT2D eigenvalue weighted by atomic mass is 16.4. The van der Waals surface area contributed by atoms with Crippen LogP contribution in [0.2, 0.25) is 0 Å². The van der Waals surface area contributed by atoms with E-state index in [1.54, 1.807) is 6.20 Å². The fraction of sp³-hybridized carbons (Fsp3) is 0.600. The van der Waals surface area contributed by atoms with Gasteiger partial charge in [0.2, 0.25) is 47.3 Å². The topological polar surface area (TPSA) is 454 Å². The zero-order valence-electron chi connectivity index (χ0n) is 40.3. The van der Waals surface area contributed by atoms with Gasteiger partial charge in [-0.25, -0.2) is 4.79 Å². The van der Waals surface area contributed by atoms with Gasteiger partial charge in [-0.2, -0.15) is 0 Å². The molecule has 2 heterocycles. The molecule has 9 unspecified atom stereocenters. The van der Waals surface area contributed by atoms with Crippen LogP contribution in [0.1, 0.15) is 90.0 Å². The molecule has 1 aromatic carbocycles. The van der Waals surface area contributed by atoms with E-state index < -0.39 is 114 Å². The number of aromatic amines is 1. The van der Waals surface area contributed by atoms with Gasteiger partial charge in [-0.15, -0.1) is 0 Å². The summed E-state index contributed by atoms with van der Waals surface area (Å²) < 4.78 is 0. The molecule has 26 heteroatoms. The first-order valence-electron chi connectivity index (χ1n) is 23.8. The van der Waals surface area contributed by atoms with Crippen LogP contribution in [0, 0.1) is 0 Å². The number of fused-ring (bicyclic) bond motifs is 1. The van der Waals surface area contributed by atoms with Crippen LogP contribution in [-0.2, 0) is 49.6 Å². The average molecular weight is 1000 g/mol. The van der Waals surface area contributed by atoms with Crippen molar-refractivity contribution in [2.24, 2.45) is 39.4 Å². The zero-order valence-corrected chi connectivity index (χ0v) is 40.3. The number of guanidine groups is 1. The maximum absolute atomic E-state index is 14.1. The summed E-state index contributed by atoms with van der Waals surface area (Å²) in [6, 6.07) is -3.32. The third-order valence-electron chi connectivity index (χ3n) is 11.8. The van der Waals surface area contributed by atoms with Gasteiger partial charge < -0.3 is 86.4 Å². The minimum absolute atomic E-state index is 0.0000953. The predicted octanol–water partition coefficient (Wildman–Crippen LogP) is -4.39. The molecule has 0 aliphatic carbocycles. The van der Waals surface area contributed by atoms with E-state index in [2.05, 4.69) is 41.9 Å². The predicted molar refractivity (Wildman–Crippen MR) is 261 cm³/mol. The Hall–Kier alpha value is -6.90. The van der Waals surface area contributed by atoms with Gasteiger partial charge in [0, 0.05) is 30.2 Å². The molecule has 1 aromatic heterocycles. The first kappa shape index (κ1) is 58.4. The SMILES string of the molecule is CC(NC(=O)C(CC(N)=O)NC(=O)C(N)Cc1c[nH]c2ccccc12)C(=O)NC(CCCCN)C(=O)NC(C(=O)NC(CCCCN)C(=O)N1CCCC1C(=O)NC(CCCN=C(N)N)C(=O)O)C(C)O. The molecule has 0 bridgehead atoms. The van der Waals surface area contributed by atoms with Gasteiger partial charge in [0.25, 0.3) is 0 Å². The Morgan fingerprint density at radius 1 is 0.746 bits per heavy atom. The number of aliphatic carboxylic acids is 1. The highest BCUT2D eigenvalue weighted by Gasteiger charge is 2.40. The van der Waals surface area contributed by atoms with Crippen molar-refractivity contribution >= 4 is 70.1 Å². The Kier molecular flexibility index (Phi) is 24.1. The lowest BCUT2D eigenvalue weighted by molar-refractivity contribution is -0.145. The standard InChI is InChI=1S/C45H73N15O11/c1-24(54-40(66)33(22-35(49)62)58-38(64)28(48)21-26-23-53-29-12-4-3-11-27(26)29)37(63)55-30(13-5-7-17-46)39(65)59-36(25(2)61)42(68)56-31(14-6-8-18-47)43(69)60-20-10-16-34(60)41(67)57-32(44(70)71)15-9-19-52-45(50)51/h3-4,11-12,23-25,28,30-34,36,53,61H,5-10,13-22,46-48H2,1-2H3,(H2,49,62)(H,54,66)(H,55,63)(H,56,68)(H,57,67)(H,58,64)(H,59,65)(H,70,71)(H4,50,51,52). The number of likely N-dealkylation sites (tertiary alicyclic amines) is 1. The van der Waals surface area contributed by atoms with Crippen LogP contribution in [0.15, 0.2) is 35.5 Å². The number of aliphatic hydroxyl groups excluding tert-OH is 1. The van der Waals surface area contributed by atoms with Crippen molar-refractivity contribution in [3.63, 3.8) is 0 Å². The first-order valence-corrected chi connectivity index (χ1v) is 23.8. The van der Waals surface area contributed by atoms with E-state index in [1.807, 2.05) is 24.3 Å². The Balaban J connectivity index is 1.72. The highest BCUT2D eigenvalue weighted by Crippen LogP contribution is 2.22. The minimum atomic E-state index is -1.67. The molecule has 1 aliphatic heterocycles. The number of nitrogens with two attached hydrogens (primary N) is 6. The number of carboxylic acids is 1. The number of para-hydroxylation sites is 1. The quantitative estimate of drug-likeness (QED) is 0.0193. The molecule has 2 aromatic rings. The average Bonchev–Trinajstić information content (AvgIpc) is 3.98. The summed E-state index contributed by atoms with van der Waals surface area (Å²) in [5.41, 5.74) is 35.2. The number of benzene rings is 1. The summed E-state index contributed by atoms with van der Waals surface area (Å²) in [5.74, 6) is -8.24. The van der Waals surface area contributed by atoms with E-state index >= 15 is 0 Å². The van der Waals surface area contributed by atoms with Gasteiger partial charge in [-0.3, -0.25) is 43.3 Å². The molecule has 0 spiro atoms. The van der Waals surface area contributed by atoms with Gasteiger partial charge in [-0.05, 0) is 109 Å². The number of unbranched alkanes of at least 4 members (excludes halogenated alkanes) is 2. The van der Waals surface area contributed by atoms with Crippen molar-refractivity contribution in [2.45, 2.75) is 145 Å². The number of hydrogen-bond acceptors (Lipinski definition) is 14. The third-order valence-corrected chi connectivity index (χ3v) is 11.8. The summed E-state index contributed by atoms with van der Waals surface area (Å²) in [5, 5.41) is 36.4. The van der Waals surface area contributed by atoms with Crippen molar-refractivity contribution in [3.05, 3.63) is 36.0 Å². The lowest BCUT2D eigenvalue weighted by Gasteiger charge is -2.31. The van der Waals surface area contributed by atoms with E-state index in [-0.39, 0.29) is 70.7 Å². The fourth-order valence-electron chi connectivity index (χ4n) is 7.96. The molecule has 9 atom stereocenters. The maximum Gasteiger partial charge on any atom is 0.326 e. The number of aromatic nitrogens is 1. The first-order chi connectivity index (χ1) is 33.7. The van der Waals surface area contributed by atoms with Crippen LogP contribution in [0.4, 0.5) is 0 Å². The molecule has 3 rings (SSSR count). The number of primary amides is 1. The van der Waals surface area contributed by atoms with Crippen LogP contribution < -0.4 is 66.3 Å². The fourth-order valence-corrected chi connectivity index (χ4v) is 7.96. The third kappa shape index (κ3) is 18.7. The summed E-state index contributed by atoms with van der Waals surface area (Å²) in [4.78, 5) is 128. The Labute approximate surface area is 411 Å². The Morgan fingerprint density at radius 2 is 1.35 bits per heavy atom. The lowest BCUT2D eigenvalue weighted by Crippen LogP contribution is -2.61. The minimum Gasteiger partial charge on any atom is -0.480 e. The number of H-pyrrole nitrogens is 1. The molecule has 21 N–H and O–H groups in total. The second-order valence-corrected chi connectivity index (χ2v) is 17.6. The van der Waals surface area contributed by atoms with Gasteiger partial charge in [-0.1, -0.05) is 18.2 Å². The molecule has 1 fully saturated rings. The summed E-state index contributed by atoms with van der Waals surface area (Å²) in [6.45, 7) is 3.27. The molecular formula is C45H73N15O11. The number of carboxylic acid groups (broad SMARTS) is 1. The monoisotopic (exact) mass is 1000 g/mol. The number of carbonyl (C=O) groups excluding carboxylic acids is 8. The highest BCUT2D eigenvalue weighted by molar-refractivity contribution is 5.98. The Bertz CT molecular complexity index is 2180. The molecular weight excluding hydrogens is 927 g/mol. The molecule has 394 valence electrons. The van der Waals surface area contributed by atoms with Gasteiger partial charge in [0.05, 0.1) is 18.6 Å². The Morgan fingerprint density at radius 3 is 1.97 bits per heavy atom. The van der Waals surface area contributed by atoms with E-state index in [0.29, 0.717) is 32.1 Å². The van der Waals surface area contributed by atoms with Gasteiger partial charge in [0.15, 0.2) is 5.96 Å². The van der Waals surface area contributed by atoms with E-state index in [0.717, 1.165) is 16.5 Å². The number of hydrogen-bond donors (Lipinski definition) is 15. The van der Waals surface area contributed by atoms with Crippen molar-refractivity contribution in [2.75, 3.05) is 26.2 Å². The second kappa shape index (κ2) is 29.3.